The third-order valence-corrected chi connectivity index (χ3v) is 7.10. The molecule has 2 N–H and O–H groups in total. The van der Waals surface area contributed by atoms with Crippen LogP contribution in [0.15, 0.2) is 24.3 Å². The Morgan fingerprint density at radius 3 is 1.24 bits per heavy atom. The number of rotatable bonds is 8. The smallest absolute Gasteiger partial charge is 0.122 e. The molecule has 2 unspecified atom stereocenters. The Morgan fingerprint density at radius 1 is 0.636 bits per heavy atom. The standard InChI is InChI=1S/C31H48O2/c1-11-13-26(30(5,6)7)24-17-20(3)15-22(28(24)32)19-23-16-21(4)18-25(29(23)33)27(14-12-2)31(8,9)10/h15-18,26-27,32-33H,11-14,19H2,1-10H3. The molecule has 0 spiro atoms. The number of aryl methyl sites for hydroxylation is 2. The van der Waals surface area contributed by atoms with Crippen LogP contribution in [0, 0.1) is 24.7 Å². The molecule has 2 atom stereocenters. The first-order chi connectivity index (χ1) is 15.2. The van der Waals surface area contributed by atoms with Crippen LogP contribution in [-0.2, 0) is 6.42 Å². The lowest BCUT2D eigenvalue weighted by molar-refractivity contribution is 0.294. The highest BCUT2D eigenvalue weighted by atomic mass is 16.3. The first kappa shape index (κ1) is 27.3. The molecule has 33 heavy (non-hydrogen) atoms. The number of phenols is 2. The first-order valence-electron chi connectivity index (χ1n) is 12.8. The van der Waals surface area contributed by atoms with Gasteiger partial charge in [0, 0.05) is 6.42 Å². The van der Waals surface area contributed by atoms with Gasteiger partial charge >= 0.3 is 0 Å². The topological polar surface area (TPSA) is 40.5 Å². The van der Waals surface area contributed by atoms with Gasteiger partial charge in [0.05, 0.1) is 0 Å². The average Bonchev–Trinajstić information content (AvgIpc) is 2.68. The van der Waals surface area contributed by atoms with E-state index in [0.717, 1.165) is 59.1 Å². The second kappa shape index (κ2) is 10.5. The van der Waals surface area contributed by atoms with Gasteiger partial charge in [-0.1, -0.05) is 104 Å². The van der Waals surface area contributed by atoms with Crippen LogP contribution < -0.4 is 0 Å². The summed E-state index contributed by atoms with van der Waals surface area (Å²) in [5.41, 5.74) is 6.36. The Hall–Kier alpha value is -1.96. The molecule has 0 saturated carbocycles. The quantitative estimate of drug-likeness (QED) is 0.419. The summed E-state index contributed by atoms with van der Waals surface area (Å²) < 4.78 is 0. The fraction of sp³-hybridized carbons (Fsp3) is 0.613. The van der Waals surface area contributed by atoms with Crippen LogP contribution in [0.2, 0.25) is 0 Å². The summed E-state index contributed by atoms with van der Waals surface area (Å²) >= 11 is 0. The van der Waals surface area contributed by atoms with Crippen molar-refractivity contribution in [3.63, 3.8) is 0 Å². The van der Waals surface area contributed by atoms with Crippen molar-refractivity contribution < 1.29 is 10.2 Å². The molecule has 0 aromatic heterocycles. The Balaban J connectivity index is 2.60. The minimum atomic E-state index is 0.0667. The Kier molecular flexibility index (Phi) is 8.71. The van der Waals surface area contributed by atoms with E-state index in [-0.39, 0.29) is 22.7 Å². The van der Waals surface area contributed by atoms with Gasteiger partial charge in [-0.15, -0.1) is 0 Å². The summed E-state index contributed by atoms with van der Waals surface area (Å²) in [6.07, 6.45) is 4.79. The molecule has 2 heteroatoms. The van der Waals surface area contributed by atoms with E-state index in [1.807, 2.05) is 0 Å². The summed E-state index contributed by atoms with van der Waals surface area (Å²) in [5, 5.41) is 22.8. The molecule has 0 aliphatic carbocycles. The molecule has 0 aliphatic rings. The van der Waals surface area contributed by atoms with Crippen LogP contribution in [0.3, 0.4) is 0 Å². The second-order valence-electron chi connectivity index (χ2n) is 12.3. The maximum atomic E-state index is 11.4. The van der Waals surface area contributed by atoms with Crippen LogP contribution >= 0.6 is 0 Å². The number of benzene rings is 2. The number of hydrogen-bond acceptors (Lipinski definition) is 2. The van der Waals surface area contributed by atoms with Crippen molar-refractivity contribution >= 4 is 0 Å². The van der Waals surface area contributed by atoms with E-state index in [9.17, 15) is 10.2 Å². The van der Waals surface area contributed by atoms with Crippen molar-refractivity contribution in [3.05, 3.63) is 57.6 Å². The van der Waals surface area contributed by atoms with E-state index < -0.39 is 0 Å². The molecule has 2 aromatic carbocycles. The van der Waals surface area contributed by atoms with E-state index in [4.69, 9.17) is 0 Å². The lowest BCUT2D eigenvalue weighted by Crippen LogP contribution is -2.19. The van der Waals surface area contributed by atoms with Gasteiger partial charge in [0.1, 0.15) is 11.5 Å². The lowest BCUT2D eigenvalue weighted by Gasteiger charge is -2.33. The first-order valence-corrected chi connectivity index (χ1v) is 12.8. The number of aromatic hydroxyl groups is 2. The van der Waals surface area contributed by atoms with Crippen LogP contribution in [-0.4, -0.2) is 10.2 Å². The number of phenolic OH excluding ortho intramolecular Hbond substituents is 2. The Morgan fingerprint density at radius 2 is 0.970 bits per heavy atom. The van der Waals surface area contributed by atoms with Gasteiger partial charge in [-0.3, -0.25) is 0 Å². The van der Waals surface area contributed by atoms with Gasteiger partial charge in [-0.25, -0.2) is 0 Å². The van der Waals surface area contributed by atoms with Crippen LogP contribution in [0.1, 0.15) is 126 Å². The van der Waals surface area contributed by atoms with Gasteiger partial charge in [0.25, 0.3) is 0 Å². The van der Waals surface area contributed by atoms with E-state index in [0.29, 0.717) is 17.9 Å². The lowest BCUT2D eigenvalue weighted by atomic mass is 9.72. The Bertz CT molecular complexity index is 863. The van der Waals surface area contributed by atoms with E-state index in [1.165, 1.54) is 0 Å². The fourth-order valence-electron chi connectivity index (χ4n) is 5.46. The molecule has 0 radical (unpaired) electrons. The molecule has 0 heterocycles. The molecule has 0 bridgehead atoms. The highest BCUT2D eigenvalue weighted by Crippen LogP contribution is 2.46. The summed E-state index contributed by atoms with van der Waals surface area (Å²) in [4.78, 5) is 0. The molecule has 0 amide bonds. The van der Waals surface area contributed by atoms with Gasteiger partial charge < -0.3 is 10.2 Å². The van der Waals surface area contributed by atoms with E-state index in [2.05, 4.69) is 93.5 Å². The van der Waals surface area contributed by atoms with Crippen LogP contribution in [0.4, 0.5) is 0 Å². The monoisotopic (exact) mass is 452 g/mol. The molecular formula is C31H48O2. The van der Waals surface area contributed by atoms with Crippen LogP contribution in [0.25, 0.3) is 0 Å². The molecule has 2 aromatic rings. The van der Waals surface area contributed by atoms with Crippen molar-refractivity contribution in [1.29, 1.82) is 0 Å². The normalized spacial score (nSPS) is 14.4. The van der Waals surface area contributed by atoms with Gasteiger partial charge in [-0.2, -0.15) is 0 Å². The molecule has 0 aliphatic heterocycles. The molecule has 0 saturated heterocycles. The molecule has 0 fully saturated rings. The zero-order valence-electron chi connectivity index (χ0n) is 22.9. The third-order valence-electron chi connectivity index (χ3n) is 7.10. The molecule has 2 rings (SSSR count). The fourth-order valence-corrected chi connectivity index (χ4v) is 5.46. The zero-order valence-corrected chi connectivity index (χ0v) is 22.9. The third kappa shape index (κ3) is 6.55. The van der Waals surface area contributed by atoms with Crippen molar-refractivity contribution in [2.45, 2.75) is 113 Å². The molecule has 184 valence electrons. The van der Waals surface area contributed by atoms with Gasteiger partial charge in [0.2, 0.25) is 0 Å². The largest absolute Gasteiger partial charge is 0.507 e. The molecular weight excluding hydrogens is 404 g/mol. The second-order valence-corrected chi connectivity index (χ2v) is 12.3. The summed E-state index contributed by atoms with van der Waals surface area (Å²) in [7, 11) is 0. The highest BCUT2D eigenvalue weighted by molar-refractivity contribution is 5.52. The summed E-state index contributed by atoms with van der Waals surface area (Å²) in [5.74, 6) is 1.38. The minimum absolute atomic E-state index is 0.0667. The molecule has 2 nitrogen and oxygen atoms in total. The Labute approximate surface area is 203 Å². The summed E-state index contributed by atoms with van der Waals surface area (Å²) in [6.45, 7) is 22.2. The highest BCUT2D eigenvalue weighted by Gasteiger charge is 2.30. The predicted molar refractivity (Wildman–Crippen MR) is 143 cm³/mol. The SMILES string of the molecule is CCCC(c1cc(C)cc(Cc2cc(C)cc(C(CCC)C(C)(C)C)c2O)c1O)C(C)(C)C. The maximum Gasteiger partial charge on any atom is 0.122 e. The van der Waals surface area contributed by atoms with Crippen molar-refractivity contribution in [3.8, 4) is 11.5 Å². The minimum Gasteiger partial charge on any atom is -0.507 e. The van der Waals surface area contributed by atoms with Crippen molar-refractivity contribution in [2.75, 3.05) is 0 Å². The average molecular weight is 453 g/mol. The summed E-state index contributed by atoms with van der Waals surface area (Å²) in [6, 6.07) is 8.48. The maximum absolute atomic E-state index is 11.4. The van der Waals surface area contributed by atoms with Gasteiger partial charge in [-0.05, 0) is 71.6 Å². The van der Waals surface area contributed by atoms with Crippen molar-refractivity contribution in [1.82, 2.24) is 0 Å². The van der Waals surface area contributed by atoms with E-state index in [1.54, 1.807) is 0 Å². The van der Waals surface area contributed by atoms with E-state index >= 15 is 0 Å². The van der Waals surface area contributed by atoms with Crippen molar-refractivity contribution in [2.24, 2.45) is 10.8 Å². The number of hydrogen-bond donors (Lipinski definition) is 2. The predicted octanol–water partition coefficient (Wildman–Crippen LogP) is 9.17. The van der Waals surface area contributed by atoms with Crippen LogP contribution in [0.5, 0.6) is 11.5 Å². The zero-order chi connectivity index (χ0) is 25.1. The van der Waals surface area contributed by atoms with Gasteiger partial charge in [0.15, 0.2) is 0 Å².